The molecule has 1 fully saturated rings. The number of aromatic nitrogens is 3. The summed E-state index contributed by atoms with van der Waals surface area (Å²) in [6.07, 6.45) is 0. The topological polar surface area (TPSA) is 60.4 Å². The molecule has 0 spiro atoms. The third-order valence-corrected chi connectivity index (χ3v) is 5.57. The molecule has 0 radical (unpaired) electrons. The fraction of sp³-hybridized carbons (Fsp3) is 0.208. The predicted octanol–water partition coefficient (Wildman–Crippen LogP) is 4.86. The maximum atomic E-state index is 6.05. The first-order chi connectivity index (χ1) is 15.2. The van der Waals surface area contributed by atoms with Gasteiger partial charge in [0.25, 0.3) is 0 Å². The van der Waals surface area contributed by atoms with E-state index >= 15 is 0 Å². The summed E-state index contributed by atoms with van der Waals surface area (Å²) < 4.78 is 10.9. The fourth-order valence-corrected chi connectivity index (χ4v) is 3.81. The van der Waals surface area contributed by atoms with E-state index in [2.05, 4.69) is 4.90 Å². The number of benzene rings is 2. The van der Waals surface area contributed by atoms with Crippen LogP contribution in [0.4, 0.5) is 5.82 Å². The largest absolute Gasteiger partial charge is 0.497 e. The maximum Gasteiger partial charge on any atom is 0.165 e. The first-order valence-electron chi connectivity index (χ1n) is 10.1. The van der Waals surface area contributed by atoms with Gasteiger partial charge in [0.15, 0.2) is 11.5 Å². The van der Waals surface area contributed by atoms with Crippen LogP contribution in [-0.4, -0.2) is 48.4 Å². The van der Waals surface area contributed by atoms with Crippen molar-refractivity contribution in [2.24, 2.45) is 0 Å². The third kappa shape index (κ3) is 4.04. The van der Waals surface area contributed by atoms with Crippen LogP contribution >= 0.6 is 11.6 Å². The van der Waals surface area contributed by atoms with Gasteiger partial charge in [-0.15, -0.1) is 0 Å². The molecule has 2 aromatic heterocycles. The van der Waals surface area contributed by atoms with E-state index in [-0.39, 0.29) is 0 Å². The number of hydrogen-bond donors (Lipinski definition) is 0. The van der Waals surface area contributed by atoms with Crippen LogP contribution in [0.3, 0.4) is 0 Å². The smallest absolute Gasteiger partial charge is 0.165 e. The minimum Gasteiger partial charge on any atom is -0.497 e. The Balaban J connectivity index is 1.68. The molecular weight excluding hydrogens is 412 g/mol. The van der Waals surface area contributed by atoms with Gasteiger partial charge in [-0.05, 0) is 36.4 Å². The molecule has 6 nitrogen and oxygen atoms in total. The standard InChI is InChI=1S/C24H21ClN4O2/c1-30-19-4-2-3-17(15-19)22-27-23-20(24(28-22)29-11-13-31-14-12-29)9-10-21(26-23)16-5-7-18(25)8-6-16/h2-10,15H,11-14H2,1H3. The molecule has 0 aliphatic carbocycles. The van der Waals surface area contributed by atoms with Gasteiger partial charge < -0.3 is 14.4 Å². The van der Waals surface area contributed by atoms with Crippen molar-refractivity contribution < 1.29 is 9.47 Å². The van der Waals surface area contributed by atoms with E-state index in [0.717, 1.165) is 46.9 Å². The molecule has 0 bridgehead atoms. The Hall–Kier alpha value is -3.22. The van der Waals surface area contributed by atoms with Crippen molar-refractivity contribution in [1.82, 2.24) is 15.0 Å². The second kappa shape index (κ2) is 8.49. The van der Waals surface area contributed by atoms with Gasteiger partial charge in [-0.2, -0.15) is 0 Å². The Morgan fingerprint density at radius 1 is 0.903 bits per heavy atom. The lowest BCUT2D eigenvalue weighted by molar-refractivity contribution is 0.122. The number of hydrogen-bond acceptors (Lipinski definition) is 6. The third-order valence-electron chi connectivity index (χ3n) is 5.32. The van der Waals surface area contributed by atoms with Crippen LogP contribution in [0.25, 0.3) is 33.7 Å². The van der Waals surface area contributed by atoms with Crippen molar-refractivity contribution in [3.05, 3.63) is 65.7 Å². The van der Waals surface area contributed by atoms with Crippen molar-refractivity contribution >= 4 is 28.5 Å². The molecule has 156 valence electrons. The summed E-state index contributed by atoms with van der Waals surface area (Å²) in [6.45, 7) is 2.91. The Labute approximate surface area is 185 Å². The number of halogens is 1. The molecule has 5 rings (SSSR count). The van der Waals surface area contributed by atoms with Crippen LogP contribution in [0.15, 0.2) is 60.7 Å². The Kier molecular flexibility index (Phi) is 5.40. The molecule has 0 N–H and O–H groups in total. The van der Waals surface area contributed by atoms with Crippen LogP contribution in [-0.2, 0) is 4.74 Å². The lowest BCUT2D eigenvalue weighted by Crippen LogP contribution is -2.37. The number of ether oxygens (including phenoxy) is 2. The van der Waals surface area contributed by atoms with Crippen LogP contribution < -0.4 is 9.64 Å². The SMILES string of the molecule is COc1cccc(-c2nc(N3CCOCC3)c3ccc(-c4ccc(Cl)cc4)nc3n2)c1. The second-order valence-electron chi connectivity index (χ2n) is 7.28. The minimum absolute atomic E-state index is 0.619. The summed E-state index contributed by atoms with van der Waals surface area (Å²) in [5.74, 6) is 2.26. The summed E-state index contributed by atoms with van der Waals surface area (Å²) in [6, 6.07) is 19.5. The minimum atomic E-state index is 0.619. The van der Waals surface area contributed by atoms with E-state index < -0.39 is 0 Å². The molecule has 0 amide bonds. The molecule has 31 heavy (non-hydrogen) atoms. The van der Waals surface area contributed by atoms with E-state index in [1.54, 1.807) is 7.11 Å². The average Bonchev–Trinajstić information content (AvgIpc) is 2.84. The average molecular weight is 433 g/mol. The van der Waals surface area contributed by atoms with Gasteiger partial charge in [0.2, 0.25) is 0 Å². The first kappa shape index (κ1) is 19.7. The van der Waals surface area contributed by atoms with Gasteiger partial charge in [0.05, 0.1) is 31.4 Å². The monoisotopic (exact) mass is 432 g/mol. The number of pyridine rings is 1. The molecule has 3 heterocycles. The zero-order valence-electron chi connectivity index (χ0n) is 17.1. The zero-order chi connectivity index (χ0) is 21.2. The van der Waals surface area contributed by atoms with Crippen LogP contribution in [0.5, 0.6) is 5.75 Å². The van der Waals surface area contributed by atoms with Crippen molar-refractivity contribution in [2.75, 3.05) is 38.3 Å². The molecule has 1 aliphatic heterocycles. The number of morpholine rings is 1. The Morgan fingerprint density at radius 2 is 1.71 bits per heavy atom. The van der Waals surface area contributed by atoms with Crippen molar-refractivity contribution in [1.29, 1.82) is 0 Å². The molecule has 1 aliphatic rings. The first-order valence-corrected chi connectivity index (χ1v) is 10.5. The van der Waals surface area contributed by atoms with Crippen LogP contribution in [0.2, 0.25) is 5.02 Å². The van der Waals surface area contributed by atoms with Gasteiger partial charge in [0, 0.05) is 29.2 Å². The lowest BCUT2D eigenvalue weighted by atomic mass is 10.1. The van der Waals surface area contributed by atoms with Crippen LogP contribution in [0.1, 0.15) is 0 Å². The highest BCUT2D eigenvalue weighted by atomic mass is 35.5. The molecule has 4 aromatic rings. The molecule has 7 heteroatoms. The highest BCUT2D eigenvalue weighted by Crippen LogP contribution is 2.30. The fourth-order valence-electron chi connectivity index (χ4n) is 3.68. The van der Waals surface area contributed by atoms with Crippen LogP contribution in [0, 0.1) is 0 Å². The predicted molar refractivity (Wildman–Crippen MR) is 123 cm³/mol. The summed E-state index contributed by atoms with van der Waals surface area (Å²) >= 11 is 6.05. The summed E-state index contributed by atoms with van der Waals surface area (Å²) in [5, 5.41) is 1.62. The summed E-state index contributed by atoms with van der Waals surface area (Å²) in [7, 11) is 1.65. The lowest BCUT2D eigenvalue weighted by Gasteiger charge is -2.28. The van der Waals surface area contributed by atoms with Gasteiger partial charge >= 0.3 is 0 Å². The quantitative estimate of drug-likeness (QED) is 0.459. The highest BCUT2D eigenvalue weighted by molar-refractivity contribution is 6.30. The van der Waals surface area contributed by atoms with E-state index in [1.807, 2.05) is 60.7 Å². The number of fused-ring (bicyclic) bond motifs is 1. The molecule has 2 aromatic carbocycles. The number of nitrogens with zero attached hydrogens (tertiary/aromatic N) is 4. The molecule has 0 saturated carbocycles. The summed E-state index contributed by atoms with van der Waals surface area (Å²) in [5.41, 5.74) is 3.37. The van der Waals surface area contributed by atoms with Gasteiger partial charge in [-0.1, -0.05) is 35.9 Å². The van der Waals surface area contributed by atoms with E-state index in [0.29, 0.717) is 29.7 Å². The van der Waals surface area contributed by atoms with Crippen molar-refractivity contribution in [3.8, 4) is 28.4 Å². The molecule has 0 unspecified atom stereocenters. The maximum absolute atomic E-state index is 6.05. The van der Waals surface area contributed by atoms with Gasteiger partial charge in [-0.3, -0.25) is 0 Å². The van der Waals surface area contributed by atoms with Gasteiger partial charge in [0.1, 0.15) is 11.6 Å². The molecular formula is C24H21ClN4O2. The Bertz CT molecular complexity index is 1220. The van der Waals surface area contributed by atoms with Crippen molar-refractivity contribution in [3.63, 3.8) is 0 Å². The second-order valence-corrected chi connectivity index (χ2v) is 7.71. The number of methoxy groups -OCH3 is 1. The number of anilines is 1. The van der Waals surface area contributed by atoms with E-state index in [1.165, 1.54) is 0 Å². The summed E-state index contributed by atoms with van der Waals surface area (Å²) in [4.78, 5) is 16.9. The van der Waals surface area contributed by atoms with Crippen molar-refractivity contribution in [2.45, 2.75) is 0 Å². The van der Waals surface area contributed by atoms with E-state index in [9.17, 15) is 0 Å². The molecule has 1 saturated heterocycles. The normalized spacial score (nSPS) is 14.1. The molecule has 0 atom stereocenters. The highest BCUT2D eigenvalue weighted by Gasteiger charge is 2.19. The van der Waals surface area contributed by atoms with Gasteiger partial charge in [-0.25, -0.2) is 15.0 Å². The zero-order valence-corrected chi connectivity index (χ0v) is 17.8. The Morgan fingerprint density at radius 3 is 2.48 bits per heavy atom. The van der Waals surface area contributed by atoms with E-state index in [4.69, 9.17) is 36.0 Å². The number of rotatable bonds is 4.